The van der Waals surface area contributed by atoms with E-state index in [1.807, 2.05) is 30.1 Å². The molecule has 1 heterocycles. The van der Waals surface area contributed by atoms with Crippen LogP contribution in [-0.2, 0) is 11.2 Å². The van der Waals surface area contributed by atoms with Crippen LogP contribution in [0.5, 0.6) is 0 Å². The molecule has 0 aromatic heterocycles. The molecular weight excluding hydrogens is 244 g/mol. The summed E-state index contributed by atoms with van der Waals surface area (Å²) >= 11 is 1.77. The van der Waals surface area contributed by atoms with Gasteiger partial charge in [-0.25, -0.2) is 0 Å². The van der Waals surface area contributed by atoms with Gasteiger partial charge >= 0.3 is 0 Å². The van der Waals surface area contributed by atoms with Crippen molar-refractivity contribution in [1.82, 2.24) is 4.90 Å². The van der Waals surface area contributed by atoms with Crippen LogP contribution < -0.4 is 5.32 Å². The molecule has 1 aromatic carbocycles. The highest BCUT2D eigenvalue weighted by Crippen LogP contribution is 2.26. The Labute approximate surface area is 113 Å². The highest BCUT2D eigenvalue weighted by Gasteiger charge is 2.29. The number of hydrogen-bond donors (Lipinski definition) is 1. The van der Waals surface area contributed by atoms with Crippen LogP contribution >= 0.6 is 11.8 Å². The molecule has 0 fully saturated rings. The number of hydrogen-bond acceptors (Lipinski definition) is 3. The number of nitrogens with zero attached hydrogens (tertiary/aromatic N) is 1. The number of carbonyl (C=O) groups is 1. The van der Waals surface area contributed by atoms with Crippen LogP contribution in [-0.4, -0.2) is 41.9 Å². The Hall–Kier alpha value is -1.16. The molecule has 4 heteroatoms. The summed E-state index contributed by atoms with van der Waals surface area (Å²) in [6.45, 7) is 2.09. The fourth-order valence-corrected chi connectivity index (χ4v) is 2.97. The minimum Gasteiger partial charge on any atom is -0.373 e. The van der Waals surface area contributed by atoms with Crippen LogP contribution in [0.1, 0.15) is 12.5 Å². The van der Waals surface area contributed by atoms with Gasteiger partial charge in [-0.05, 0) is 24.8 Å². The van der Waals surface area contributed by atoms with Gasteiger partial charge in [0.25, 0.3) is 0 Å². The molecule has 98 valence electrons. The summed E-state index contributed by atoms with van der Waals surface area (Å²) in [5.41, 5.74) is 2.34. The predicted octanol–water partition coefficient (Wildman–Crippen LogP) is 2.23. The smallest absolute Gasteiger partial charge is 0.245 e. The summed E-state index contributed by atoms with van der Waals surface area (Å²) in [5, 5.41) is 3.31. The molecule has 2 rings (SSSR count). The van der Waals surface area contributed by atoms with Crippen LogP contribution in [0.15, 0.2) is 24.3 Å². The first-order chi connectivity index (χ1) is 8.63. The zero-order chi connectivity index (χ0) is 13.1. The van der Waals surface area contributed by atoms with Gasteiger partial charge in [-0.15, -0.1) is 0 Å². The molecule has 1 aliphatic heterocycles. The average Bonchev–Trinajstić information content (AvgIpc) is 2.81. The SMILES string of the molecule is CSCC(C)N(C)C(=O)C1Cc2ccccc2N1. The van der Waals surface area contributed by atoms with Gasteiger partial charge in [0.1, 0.15) is 6.04 Å². The second-order valence-corrected chi connectivity index (χ2v) is 5.72. The highest BCUT2D eigenvalue weighted by atomic mass is 32.2. The zero-order valence-electron chi connectivity index (χ0n) is 11.1. The molecule has 3 nitrogen and oxygen atoms in total. The number of thioether (sulfide) groups is 1. The van der Waals surface area contributed by atoms with E-state index >= 15 is 0 Å². The summed E-state index contributed by atoms with van der Waals surface area (Å²) in [7, 11) is 1.90. The largest absolute Gasteiger partial charge is 0.373 e. The third-order valence-electron chi connectivity index (χ3n) is 3.49. The van der Waals surface area contributed by atoms with Crippen LogP contribution in [0.3, 0.4) is 0 Å². The van der Waals surface area contributed by atoms with Gasteiger partial charge in [-0.3, -0.25) is 4.79 Å². The minimum atomic E-state index is -0.100. The fourth-order valence-electron chi connectivity index (χ4n) is 2.26. The molecule has 1 N–H and O–H groups in total. The van der Waals surface area contributed by atoms with E-state index in [0.717, 1.165) is 17.9 Å². The number of likely N-dealkylation sites (N-methyl/N-ethyl adjacent to an activating group) is 1. The summed E-state index contributed by atoms with van der Waals surface area (Å²) in [6.07, 6.45) is 2.86. The standard InChI is InChI=1S/C14H20N2OS/c1-10(9-18-3)16(2)14(17)13-8-11-6-4-5-7-12(11)15-13/h4-7,10,13,15H,8-9H2,1-3H3. The molecule has 2 unspecified atom stereocenters. The molecule has 18 heavy (non-hydrogen) atoms. The lowest BCUT2D eigenvalue weighted by molar-refractivity contribution is -0.131. The van der Waals surface area contributed by atoms with Crippen molar-refractivity contribution in [3.63, 3.8) is 0 Å². The van der Waals surface area contributed by atoms with Crippen LogP contribution in [0.4, 0.5) is 5.69 Å². The first-order valence-electron chi connectivity index (χ1n) is 6.23. The molecule has 0 saturated carbocycles. The molecule has 0 radical (unpaired) electrons. The molecule has 1 amide bonds. The second-order valence-electron chi connectivity index (χ2n) is 4.81. The number of rotatable bonds is 4. The summed E-state index contributed by atoms with van der Waals surface area (Å²) in [5.74, 6) is 1.16. The highest BCUT2D eigenvalue weighted by molar-refractivity contribution is 7.98. The maximum Gasteiger partial charge on any atom is 0.245 e. The molecule has 1 aliphatic rings. The lowest BCUT2D eigenvalue weighted by Gasteiger charge is -2.27. The summed E-state index contributed by atoms with van der Waals surface area (Å²) in [6, 6.07) is 8.32. The quantitative estimate of drug-likeness (QED) is 0.905. The van der Waals surface area contributed by atoms with E-state index in [9.17, 15) is 4.79 Å². The first-order valence-corrected chi connectivity index (χ1v) is 7.63. The number of amides is 1. The maximum absolute atomic E-state index is 12.4. The number of nitrogens with one attached hydrogen (secondary N) is 1. The van der Waals surface area contributed by atoms with Gasteiger partial charge in [0.15, 0.2) is 0 Å². The first kappa shape index (κ1) is 13.3. The Kier molecular flexibility index (Phi) is 4.17. The second kappa shape index (κ2) is 5.65. The average molecular weight is 264 g/mol. The zero-order valence-corrected chi connectivity index (χ0v) is 12.0. The van der Waals surface area contributed by atoms with Crippen molar-refractivity contribution in [2.45, 2.75) is 25.4 Å². The monoisotopic (exact) mass is 264 g/mol. The molecule has 0 bridgehead atoms. The molecule has 1 aromatic rings. The van der Waals surface area contributed by atoms with Crippen LogP contribution in [0.2, 0.25) is 0 Å². The molecule has 0 aliphatic carbocycles. The third kappa shape index (κ3) is 2.64. The van der Waals surface area contributed by atoms with E-state index in [1.54, 1.807) is 11.8 Å². The van der Waals surface area contributed by atoms with Crippen molar-refractivity contribution in [2.24, 2.45) is 0 Å². The van der Waals surface area contributed by atoms with Crippen LogP contribution in [0, 0.1) is 0 Å². The Morgan fingerprint density at radius 3 is 2.94 bits per heavy atom. The third-order valence-corrected chi connectivity index (χ3v) is 4.30. The van der Waals surface area contributed by atoms with Gasteiger partial charge in [0.2, 0.25) is 5.91 Å². The lowest BCUT2D eigenvalue weighted by atomic mass is 10.1. The van der Waals surface area contributed by atoms with Crippen molar-refractivity contribution in [2.75, 3.05) is 24.4 Å². The van der Waals surface area contributed by atoms with E-state index < -0.39 is 0 Å². The molecular formula is C14H20N2OS. The number of para-hydroxylation sites is 1. The van der Waals surface area contributed by atoms with Crippen molar-refractivity contribution >= 4 is 23.4 Å². The van der Waals surface area contributed by atoms with E-state index in [2.05, 4.69) is 24.6 Å². The number of anilines is 1. The molecule has 0 saturated heterocycles. The Morgan fingerprint density at radius 2 is 2.28 bits per heavy atom. The van der Waals surface area contributed by atoms with Crippen LogP contribution in [0.25, 0.3) is 0 Å². The molecule has 2 atom stereocenters. The summed E-state index contributed by atoms with van der Waals surface area (Å²) in [4.78, 5) is 14.2. The topological polar surface area (TPSA) is 32.3 Å². The van der Waals surface area contributed by atoms with E-state index in [0.29, 0.717) is 0 Å². The van der Waals surface area contributed by atoms with Gasteiger partial charge in [0.05, 0.1) is 0 Å². The van der Waals surface area contributed by atoms with E-state index in [4.69, 9.17) is 0 Å². The Morgan fingerprint density at radius 1 is 1.56 bits per heavy atom. The van der Waals surface area contributed by atoms with Gasteiger partial charge in [-0.1, -0.05) is 18.2 Å². The summed E-state index contributed by atoms with van der Waals surface area (Å²) < 4.78 is 0. The lowest BCUT2D eigenvalue weighted by Crippen LogP contribution is -2.45. The Bertz CT molecular complexity index is 411. The van der Waals surface area contributed by atoms with E-state index in [1.165, 1.54) is 5.56 Å². The van der Waals surface area contributed by atoms with E-state index in [-0.39, 0.29) is 18.0 Å². The fraction of sp³-hybridized carbons (Fsp3) is 0.500. The minimum absolute atomic E-state index is 0.100. The predicted molar refractivity (Wildman–Crippen MR) is 78.2 cm³/mol. The van der Waals surface area contributed by atoms with Gasteiger partial charge in [0, 0.05) is 31.0 Å². The number of benzene rings is 1. The van der Waals surface area contributed by atoms with Gasteiger partial charge < -0.3 is 10.2 Å². The van der Waals surface area contributed by atoms with Crippen molar-refractivity contribution in [3.8, 4) is 0 Å². The number of fused-ring (bicyclic) bond motifs is 1. The van der Waals surface area contributed by atoms with Crippen molar-refractivity contribution in [1.29, 1.82) is 0 Å². The van der Waals surface area contributed by atoms with Gasteiger partial charge in [-0.2, -0.15) is 11.8 Å². The maximum atomic E-state index is 12.4. The Balaban J connectivity index is 2.00. The number of carbonyl (C=O) groups excluding carboxylic acids is 1. The molecule has 0 spiro atoms. The van der Waals surface area contributed by atoms with Crippen molar-refractivity contribution in [3.05, 3.63) is 29.8 Å². The van der Waals surface area contributed by atoms with Crippen molar-refractivity contribution < 1.29 is 4.79 Å². The normalized spacial score (nSPS) is 18.9.